The van der Waals surface area contributed by atoms with Crippen LogP contribution in [0.3, 0.4) is 0 Å². The first-order chi connectivity index (χ1) is 18.9. The van der Waals surface area contributed by atoms with Gasteiger partial charge in [0.1, 0.15) is 17.5 Å². The topological polar surface area (TPSA) is 115 Å². The summed E-state index contributed by atoms with van der Waals surface area (Å²) in [5, 5.41) is 2.98. The number of fused-ring (bicyclic) bond motifs is 2. The summed E-state index contributed by atoms with van der Waals surface area (Å²) in [5.41, 5.74) is 6.67. The van der Waals surface area contributed by atoms with Gasteiger partial charge in [-0.1, -0.05) is 12.1 Å². The molecule has 0 saturated heterocycles. The minimum Gasteiger partial charge on any atom is -0.465 e. The number of carbonyl (C=O) groups excluding carboxylic acids is 2. The van der Waals surface area contributed by atoms with Gasteiger partial charge in [0.2, 0.25) is 0 Å². The number of H-pyrrole nitrogens is 1. The molecule has 3 aromatic carbocycles. The smallest absolute Gasteiger partial charge is 0.337 e. The monoisotopic (exact) mass is 516 g/mol. The lowest BCUT2D eigenvalue weighted by atomic mass is 10.1. The van der Waals surface area contributed by atoms with Crippen LogP contribution < -0.4 is 5.32 Å². The number of amides is 1. The van der Waals surface area contributed by atoms with Crippen molar-refractivity contribution < 1.29 is 14.3 Å². The molecule has 0 atom stereocenters. The summed E-state index contributed by atoms with van der Waals surface area (Å²) in [5.74, 6) is 1.66. The second kappa shape index (κ2) is 9.53. The second-order valence-electron chi connectivity index (χ2n) is 9.18. The van der Waals surface area contributed by atoms with Gasteiger partial charge in [0.25, 0.3) is 5.91 Å². The molecule has 0 spiro atoms. The third-order valence-electron chi connectivity index (χ3n) is 6.54. The van der Waals surface area contributed by atoms with E-state index in [1.807, 2.05) is 66.9 Å². The Hall–Kier alpha value is -5.31. The van der Waals surface area contributed by atoms with Gasteiger partial charge in [-0.15, -0.1) is 0 Å². The Labute approximate surface area is 223 Å². The van der Waals surface area contributed by atoms with Crippen molar-refractivity contribution >= 4 is 39.6 Å². The number of aromatic amines is 1. The number of nitrogens with one attached hydrogen (secondary N) is 2. The Morgan fingerprint density at radius 3 is 2.51 bits per heavy atom. The first-order valence-corrected chi connectivity index (χ1v) is 12.3. The largest absolute Gasteiger partial charge is 0.465 e. The lowest BCUT2D eigenvalue weighted by Gasteiger charge is -2.10. The van der Waals surface area contributed by atoms with Crippen LogP contribution in [0.1, 0.15) is 32.4 Å². The Bertz CT molecular complexity index is 1890. The van der Waals surface area contributed by atoms with Gasteiger partial charge >= 0.3 is 5.97 Å². The average Bonchev–Trinajstić information content (AvgIpc) is 3.49. The predicted molar refractivity (Wildman–Crippen MR) is 149 cm³/mol. The van der Waals surface area contributed by atoms with Gasteiger partial charge in [-0.25, -0.2) is 19.7 Å². The van der Waals surface area contributed by atoms with E-state index in [0.717, 1.165) is 39.3 Å². The number of hydrogen-bond acceptors (Lipinski definition) is 6. The van der Waals surface area contributed by atoms with Crippen LogP contribution in [0, 0.1) is 13.8 Å². The maximum absolute atomic E-state index is 12.9. The highest BCUT2D eigenvalue weighted by Gasteiger charge is 2.14. The van der Waals surface area contributed by atoms with Crippen LogP contribution in [0.25, 0.3) is 39.0 Å². The zero-order valence-electron chi connectivity index (χ0n) is 21.5. The summed E-state index contributed by atoms with van der Waals surface area (Å²) in [6, 6.07) is 22.2. The molecule has 9 nitrogen and oxygen atoms in total. The number of benzene rings is 3. The quantitative estimate of drug-likeness (QED) is 0.288. The molecule has 0 fully saturated rings. The summed E-state index contributed by atoms with van der Waals surface area (Å²) in [6.45, 7) is 3.78. The van der Waals surface area contributed by atoms with Crippen molar-refractivity contribution in [1.29, 1.82) is 0 Å². The highest BCUT2D eigenvalue weighted by atomic mass is 16.5. The number of anilines is 1. The van der Waals surface area contributed by atoms with Crippen molar-refractivity contribution in [1.82, 2.24) is 24.5 Å². The Morgan fingerprint density at radius 1 is 0.872 bits per heavy atom. The van der Waals surface area contributed by atoms with Crippen LogP contribution in [0.5, 0.6) is 0 Å². The molecular weight excluding hydrogens is 492 g/mol. The number of ether oxygens (including phenoxy) is 1. The van der Waals surface area contributed by atoms with Gasteiger partial charge in [0.05, 0.1) is 34.7 Å². The molecule has 6 aromatic rings. The van der Waals surface area contributed by atoms with Gasteiger partial charge in [-0.05, 0) is 80.1 Å². The van der Waals surface area contributed by atoms with E-state index in [9.17, 15) is 9.59 Å². The minimum atomic E-state index is -0.404. The predicted octanol–water partition coefficient (Wildman–Crippen LogP) is 5.62. The zero-order chi connectivity index (χ0) is 27.1. The normalized spacial score (nSPS) is 11.2. The van der Waals surface area contributed by atoms with E-state index in [4.69, 9.17) is 4.74 Å². The number of carbonyl (C=O) groups is 2. The zero-order valence-corrected chi connectivity index (χ0v) is 21.5. The van der Waals surface area contributed by atoms with Crippen molar-refractivity contribution in [3.8, 4) is 16.9 Å². The Morgan fingerprint density at radius 2 is 1.72 bits per heavy atom. The first kappa shape index (κ1) is 24.1. The van der Waals surface area contributed by atoms with Crippen molar-refractivity contribution in [2.24, 2.45) is 0 Å². The third kappa shape index (κ3) is 4.50. The van der Waals surface area contributed by atoms with Gasteiger partial charge in [-0.2, -0.15) is 0 Å². The molecule has 0 unspecified atom stereocenters. The van der Waals surface area contributed by atoms with Gasteiger partial charge in [-0.3, -0.25) is 9.36 Å². The van der Waals surface area contributed by atoms with Crippen LogP contribution in [0.2, 0.25) is 0 Å². The molecule has 9 heteroatoms. The van der Waals surface area contributed by atoms with Crippen LogP contribution in [0.15, 0.2) is 79.0 Å². The SMILES string of the molecule is COC(=O)c1ccc2c(c1)nc(C)n2-c1ccc(-c2cccc(NC(=O)c3ccc4nc(C)[nH]c4c3)c2)cn1. The first-order valence-electron chi connectivity index (χ1n) is 12.3. The summed E-state index contributed by atoms with van der Waals surface area (Å²) in [4.78, 5) is 41.6. The van der Waals surface area contributed by atoms with Crippen molar-refractivity contribution in [3.63, 3.8) is 0 Å². The average molecular weight is 517 g/mol. The number of imidazole rings is 2. The van der Waals surface area contributed by atoms with Crippen LogP contribution in [0.4, 0.5) is 5.69 Å². The lowest BCUT2D eigenvalue weighted by Crippen LogP contribution is -2.11. The van der Waals surface area contributed by atoms with E-state index in [2.05, 4.69) is 25.3 Å². The van der Waals surface area contributed by atoms with E-state index >= 15 is 0 Å². The van der Waals surface area contributed by atoms with Gasteiger partial charge < -0.3 is 15.0 Å². The molecule has 0 aliphatic rings. The number of rotatable bonds is 5. The summed E-state index contributed by atoms with van der Waals surface area (Å²) < 4.78 is 6.76. The molecule has 0 radical (unpaired) electrons. The minimum absolute atomic E-state index is 0.201. The van der Waals surface area contributed by atoms with Gasteiger partial charge in [0.15, 0.2) is 0 Å². The van der Waals surface area contributed by atoms with Crippen molar-refractivity contribution in [2.75, 3.05) is 12.4 Å². The Kier molecular flexibility index (Phi) is 5.88. The molecular formula is C30H24N6O3. The highest BCUT2D eigenvalue weighted by molar-refractivity contribution is 6.06. The molecule has 39 heavy (non-hydrogen) atoms. The molecule has 1 amide bonds. The molecule has 6 rings (SSSR count). The van der Waals surface area contributed by atoms with Gasteiger partial charge in [0, 0.05) is 23.0 Å². The fraction of sp³-hybridized carbons (Fsp3) is 0.100. The number of esters is 1. The maximum atomic E-state index is 12.9. The molecule has 192 valence electrons. The number of hydrogen-bond donors (Lipinski definition) is 2. The number of pyridine rings is 1. The standard InChI is InChI=1S/C30H24N6O3/c1-17-32-24-10-7-20(14-25(24)33-17)29(37)35-23-6-4-5-19(13-23)22-9-12-28(31-16-22)36-18(2)34-26-15-21(30(38)39-3)8-11-27(26)36/h4-16H,1-3H3,(H,32,33)(H,35,37). The second-order valence-corrected chi connectivity index (χ2v) is 9.18. The summed E-state index contributed by atoms with van der Waals surface area (Å²) in [7, 11) is 1.35. The number of aromatic nitrogens is 5. The third-order valence-corrected chi connectivity index (χ3v) is 6.54. The molecule has 0 saturated carbocycles. The molecule has 3 aromatic heterocycles. The van der Waals surface area contributed by atoms with E-state index < -0.39 is 5.97 Å². The Balaban J connectivity index is 1.24. The molecule has 0 bridgehead atoms. The van der Waals surface area contributed by atoms with E-state index in [-0.39, 0.29) is 5.91 Å². The molecule has 0 aliphatic carbocycles. The summed E-state index contributed by atoms with van der Waals surface area (Å²) in [6.07, 6.45) is 1.79. The highest BCUT2D eigenvalue weighted by Crippen LogP contribution is 2.26. The fourth-order valence-corrected chi connectivity index (χ4v) is 4.68. The number of aryl methyl sites for hydroxylation is 2. The van der Waals surface area contributed by atoms with Crippen LogP contribution in [-0.4, -0.2) is 43.5 Å². The summed E-state index contributed by atoms with van der Waals surface area (Å²) >= 11 is 0. The van der Waals surface area contributed by atoms with E-state index in [0.29, 0.717) is 28.1 Å². The van der Waals surface area contributed by atoms with Crippen LogP contribution in [-0.2, 0) is 4.74 Å². The lowest BCUT2D eigenvalue weighted by molar-refractivity contribution is 0.0600. The van der Waals surface area contributed by atoms with Crippen molar-refractivity contribution in [3.05, 3.63) is 102 Å². The maximum Gasteiger partial charge on any atom is 0.337 e. The fourth-order valence-electron chi connectivity index (χ4n) is 4.68. The molecule has 0 aliphatic heterocycles. The van der Waals surface area contributed by atoms with E-state index in [1.54, 1.807) is 30.5 Å². The number of methoxy groups -OCH3 is 1. The molecule has 3 heterocycles. The number of nitrogens with zero attached hydrogens (tertiary/aromatic N) is 4. The van der Waals surface area contributed by atoms with E-state index in [1.165, 1.54) is 7.11 Å². The van der Waals surface area contributed by atoms with Crippen LogP contribution >= 0.6 is 0 Å². The van der Waals surface area contributed by atoms with Crippen molar-refractivity contribution in [2.45, 2.75) is 13.8 Å². The molecule has 2 N–H and O–H groups in total.